The van der Waals surface area contributed by atoms with Crippen molar-refractivity contribution in [3.8, 4) is 5.75 Å². The number of benzene rings is 1. The van der Waals surface area contributed by atoms with Crippen molar-refractivity contribution in [2.75, 3.05) is 18.6 Å². The second-order valence-corrected chi connectivity index (χ2v) is 4.37. The fourth-order valence-corrected chi connectivity index (χ4v) is 2.89. The summed E-state index contributed by atoms with van der Waals surface area (Å²) in [7, 11) is 1.70. The average Bonchev–Trinajstić information content (AvgIpc) is 2.65. The SMILES string of the molecule is C/C=C1/Sc2cc(OC)ccc2N1CC. The van der Waals surface area contributed by atoms with Gasteiger partial charge in [-0.2, -0.15) is 0 Å². The predicted octanol–water partition coefficient (Wildman–Crippen LogP) is 3.49. The van der Waals surface area contributed by atoms with Gasteiger partial charge >= 0.3 is 0 Å². The van der Waals surface area contributed by atoms with Crippen LogP contribution in [0.25, 0.3) is 0 Å². The van der Waals surface area contributed by atoms with Gasteiger partial charge in [0.1, 0.15) is 5.75 Å². The maximum absolute atomic E-state index is 5.23. The van der Waals surface area contributed by atoms with Crippen LogP contribution in [-0.2, 0) is 0 Å². The van der Waals surface area contributed by atoms with E-state index in [9.17, 15) is 0 Å². The minimum absolute atomic E-state index is 0.926. The molecule has 80 valence electrons. The Bertz CT molecular complexity index is 401. The molecule has 1 aliphatic heterocycles. The van der Waals surface area contributed by atoms with Crippen LogP contribution in [-0.4, -0.2) is 13.7 Å². The fraction of sp³-hybridized carbons (Fsp3) is 0.333. The van der Waals surface area contributed by atoms with Gasteiger partial charge < -0.3 is 9.64 Å². The zero-order valence-corrected chi connectivity index (χ0v) is 10.1. The Morgan fingerprint density at radius 1 is 1.47 bits per heavy atom. The largest absolute Gasteiger partial charge is 0.497 e. The Balaban J connectivity index is 2.43. The number of anilines is 1. The van der Waals surface area contributed by atoms with E-state index in [4.69, 9.17) is 4.74 Å². The summed E-state index contributed by atoms with van der Waals surface area (Å²) in [6, 6.07) is 6.24. The molecule has 0 spiro atoms. The molecule has 0 bridgehead atoms. The van der Waals surface area contributed by atoms with Crippen molar-refractivity contribution in [3.05, 3.63) is 29.3 Å². The van der Waals surface area contributed by atoms with E-state index in [0.717, 1.165) is 12.3 Å². The van der Waals surface area contributed by atoms with E-state index >= 15 is 0 Å². The summed E-state index contributed by atoms with van der Waals surface area (Å²) in [5.41, 5.74) is 1.29. The monoisotopic (exact) mass is 221 g/mol. The molecule has 1 heterocycles. The molecule has 1 aromatic rings. The van der Waals surface area contributed by atoms with Crippen molar-refractivity contribution >= 4 is 17.4 Å². The van der Waals surface area contributed by atoms with Crippen molar-refractivity contribution in [1.29, 1.82) is 0 Å². The third kappa shape index (κ3) is 1.72. The molecule has 0 atom stereocenters. The first-order valence-corrected chi connectivity index (χ1v) is 5.91. The Labute approximate surface area is 94.9 Å². The molecular formula is C12H15NOS. The van der Waals surface area contributed by atoms with E-state index in [1.165, 1.54) is 15.6 Å². The van der Waals surface area contributed by atoms with Gasteiger partial charge in [0.05, 0.1) is 17.8 Å². The van der Waals surface area contributed by atoms with Gasteiger partial charge in [0.25, 0.3) is 0 Å². The Kier molecular flexibility index (Phi) is 2.91. The van der Waals surface area contributed by atoms with Crippen LogP contribution in [0.5, 0.6) is 5.75 Å². The highest BCUT2D eigenvalue weighted by molar-refractivity contribution is 8.03. The van der Waals surface area contributed by atoms with Gasteiger partial charge in [-0.1, -0.05) is 17.8 Å². The lowest BCUT2D eigenvalue weighted by atomic mass is 10.3. The number of hydrogen-bond acceptors (Lipinski definition) is 3. The lowest BCUT2D eigenvalue weighted by Crippen LogP contribution is -2.16. The topological polar surface area (TPSA) is 12.5 Å². The first-order valence-electron chi connectivity index (χ1n) is 5.10. The van der Waals surface area contributed by atoms with Gasteiger partial charge in [0, 0.05) is 11.4 Å². The van der Waals surface area contributed by atoms with Crippen LogP contribution >= 0.6 is 11.8 Å². The summed E-state index contributed by atoms with van der Waals surface area (Å²) in [5, 5.41) is 1.31. The van der Waals surface area contributed by atoms with Gasteiger partial charge in [0.2, 0.25) is 0 Å². The maximum atomic E-state index is 5.23. The number of fused-ring (bicyclic) bond motifs is 1. The molecule has 2 nitrogen and oxygen atoms in total. The first kappa shape index (κ1) is 10.4. The van der Waals surface area contributed by atoms with Crippen LogP contribution in [0.4, 0.5) is 5.69 Å². The minimum atomic E-state index is 0.926. The standard InChI is InChI=1S/C12H15NOS/c1-4-12-13(5-2)10-7-6-9(14-3)8-11(10)15-12/h4,6-8H,5H2,1-3H3/b12-4+. The third-order valence-corrected chi connectivity index (χ3v) is 3.71. The summed E-state index contributed by atoms with van der Waals surface area (Å²) < 4.78 is 5.23. The second kappa shape index (κ2) is 4.19. The van der Waals surface area contributed by atoms with Gasteiger partial charge in [-0.15, -0.1) is 0 Å². The average molecular weight is 221 g/mol. The highest BCUT2D eigenvalue weighted by atomic mass is 32.2. The number of methoxy groups -OCH3 is 1. The van der Waals surface area contributed by atoms with Crippen molar-refractivity contribution in [3.63, 3.8) is 0 Å². The highest BCUT2D eigenvalue weighted by Crippen LogP contribution is 2.46. The Morgan fingerprint density at radius 2 is 2.27 bits per heavy atom. The molecule has 0 aromatic heterocycles. The first-order chi connectivity index (χ1) is 7.30. The van der Waals surface area contributed by atoms with Gasteiger partial charge in [-0.05, 0) is 32.0 Å². The molecule has 3 heteroatoms. The molecular weight excluding hydrogens is 206 g/mol. The maximum Gasteiger partial charge on any atom is 0.120 e. The Hall–Kier alpha value is -1.09. The van der Waals surface area contributed by atoms with E-state index in [0.29, 0.717) is 0 Å². The lowest BCUT2D eigenvalue weighted by Gasteiger charge is -2.17. The van der Waals surface area contributed by atoms with Crippen LogP contribution in [0.2, 0.25) is 0 Å². The quantitative estimate of drug-likeness (QED) is 0.758. The van der Waals surface area contributed by atoms with Crippen molar-refractivity contribution in [1.82, 2.24) is 0 Å². The summed E-state index contributed by atoms with van der Waals surface area (Å²) in [4.78, 5) is 3.60. The van der Waals surface area contributed by atoms with Crippen LogP contribution in [0.1, 0.15) is 13.8 Å². The summed E-state index contributed by atoms with van der Waals surface area (Å²) in [6.07, 6.45) is 2.15. The Morgan fingerprint density at radius 3 is 2.87 bits per heavy atom. The molecule has 0 fully saturated rings. The molecule has 0 saturated carbocycles. The van der Waals surface area contributed by atoms with E-state index in [2.05, 4.69) is 37.0 Å². The smallest absolute Gasteiger partial charge is 0.120 e. The molecule has 0 aliphatic carbocycles. The normalized spacial score (nSPS) is 17.0. The predicted molar refractivity (Wildman–Crippen MR) is 65.6 cm³/mol. The van der Waals surface area contributed by atoms with Crippen LogP contribution in [0, 0.1) is 0 Å². The molecule has 0 N–H and O–H groups in total. The van der Waals surface area contributed by atoms with Crippen LogP contribution in [0.3, 0.4) is 0 Å². The lowest BCUT2D eigenvalue weighted by molar-refractivity contribution is 0.414. The number of rotatable bonds is 2. The van der Waals surface area contributed by atoms with Gasteiger partial charge in [-0.25, -0.2) is 0 Å². The molecule has 1 aromatic carbocycles. The number of thioether (sulfide) groups is 1. The van der Waals surface area contributed by atoms with E-state index in [1.54, 1.807) is 18.9 Å². The number of nitrogens with zero attached hydrogens (tertiary/aromatic N) is 1. The molecule has 15 heavy (non-hydrogen) atoms. The van der Waals surface area contributed by atoms with Crippen LogP contribution < -0.4 is 9.64 Å². The highest BCUT2D eigenvalue weighted by Gasteiger charge is 2.23. The summed E-state index contributed by atoms with van der Waals surface area (Å²) in [6.45, 7) is 5.25. The number of allylic oxidation sites excluding steroid dienone is 1. The molecule has 0 saturated heterocycles. The van der Waals surface area contributed by atoms with Gasteiger partial charge in [0.15, 0.2) is 0 Å². The summed E-state index contributed by atoms with van der Waals surface area (Å²) in [5.74, 6) is 0.926. The summed E-state index contributed by atoms with van der Waals surface area (Å²) >= 11 is 1.81. The van der Waals surface area contributed by atoms with Crippen molar-refractivity contribution < 1.29 is 4.74 Å². The van der Waals surface area contributed by atoms with Crippen molar-refractivity contribution in [2.24, 2.45) is 0 Å². The fourth-order valence-electron chi connectivity index (χ4n) is 1.75. The molecule has 0 amide bonds. The van der Waals surface area contributed by atoms with Crippen LogP contribution in [0.15, 0.2) is 34.2 Å². The zero-order valence-electron chi connectivity index (χ0n) is 9.28. The molecule has 0 radical (unpaired) electrons. The minimum Gasteiger partial charge on any atom is -0.497 e. The zero-order chi connectivity index (χ0) is 10.8. The second-order valence-electron chi connectivity index (χ2n) is 3.31. The third-order valence-electron chi connectivity index (χ3n) is 2.50. The van der Waals surface area contributed by atoms with E-state index < -0.39 is 0 Å². The number of hydrogen-bond donors (Lipinski definition) is 0. The van der Waals surface area contributed by atoms with Gasteiger partial charge in [-0.3, -0.25) is 0 Å². The molecule has 1 aliphatic rings. The van der Waals surface area contributed by atoms with Crippen molar-refractivity contribution in [2.45, 2.75) is 18.7 Å². The number of ether oxygens (including phenoxy) is 1. The van der Waals surface area contributed by atoms with E-state index in [1.807, 2.05) is 6.07 Å². The molecule has 2 rings (SSSR count). The molecule has 0 unspecified atom stereocenters. The van der Waals surface area contributed by atoms with E-state index in [-0.39, 0.29) is 0 Å².